The van der Waals surface area contributed by atoms with Crippen LogP contribution in [0.15, 0.2) is 24.3 Å². The Bertz CT molecular complexity index is 375. The quantitative estimate of drug-likeness (QED) is 0.425. The van der Waals surface area contributed by atoms with Gasteiger partial charge in [-0.2, -0.15) is 0 Å². The Morgan fingerprint density at radius 1 is 1.22 bits per heavy atom. The number of unbranched alkanes of at least 4 members (excludes halogenated alkanes) is 2. The Kier molecular flexibility index (Phi) is 6.83. The molecule has 0 heterocycles. The van der Waals surface area contributed by atoms with Crippen LogP contribution in [-0.2, 0) is 11.2 Å². The molecule has 0 spiro atoms. The summed E-state index contributed by atoms with van der Waals surface area (Å²) in [5.41, 5.74) is 0.917. The van der Waals surface area contributed by atoms with Crippen LogP contribution in [0.5, 0.6) is 5.75 Å². The summed E-state index contributed by atoms with van der Waals surface area (Å²) in [4.78, 5) is 10.1. The molecule has 2 nitrogen and oxygen atoms in total. The van der Waals surface area contributed by atoms with Crippen molar-refractivity contribution in [2.75, 3.05) is 6.61 Å². The fourth-order valence-corrected chi connectivity index (χ4v) is 1.96. The first-order valence-electron chi connectivity index (χ1n) is 5.73. The van der Waals surface area contributed by atoms with E-state index < -0.39 is 3.79 Å². The van der Waals surface area contributed by atoms with Crippen molar-refractivity contribution in [1.29, 1.82) is 0 Å². The van der Waals surface area contributed by atoms with Gasteiger partial charge in [0, 0.05) is 12.8 Å². The van der Waals surface area contributed by atoms with Crippen LogP contribution in [0.4, 0.5) is 0 Å². The Hall–Kier alpha value is -0.440. The Morgan fingerprint density at radius 2 is 2.00 bits per heavy atom. The van der Waals surface area contributed by atoms with Gasteiger partial charge in [0.2, 0.25) is 0 Å². The third-order valence-corrected chi connectivity index (χ3v) is 2.69. The highest BCUT2D eigenvalue weighted by Gasteiger charge is 2.20. The number of hydrogen-bond donors (Lipinski definition) is 0. The van der Waals surface area contributed by atoms with Crippen molar-refractivity contribution >= 4 is 41.1 Å². The summed E-state index contributed by atoms with van der Waals surface area (Å²) in [7, 11) is 0. The van der Waals surface area contributed by atoms with Gasteiger partial charge in [0.25, 0.3) is 0 Å². The summed E-state index contributed by atoms with van der Waals surface area (Å²) in [6.45, 7) is 0.588. The second-order valence-electron chi connectivity index (χ2n) is 3.95. The second-order valence-corrected chi connectivity index (χ2v) is 6.47. The zero-order chi connectivity index (χ0) is 13.4. The van der Waals surface area contributed by atoms with Gasteiger partial charge >= 0.3 is 0 Å². The van der Waals surface area contributed by atoms with Crippen molar-refractivity contribution in [3.05, 3.63) is 29.8 Å². The minimum atomic E-state index is -1.29. The predicted molar refractivity (Wildman–Crippen MR) is 75.8 cm³/mol. The maximum atomic E-state index is 10.1. The molecule has 0 aliphatic heterocycles. The molecule has 5 heteroatoms. The van der Waals surface area contributed by atoms with Crippen LogP contribution in [-0.4, -0.2) is 16.7 Å². The fraction of sp³-hybridized carbons (Fsp3) is 0.462. The Morgan fingerprint density at radius 3 is 2.67 bits per heavy atom. The van der Waals surface area contributed by atoms with E-state index in [1.807, 2.05) is 24.3 Å². The Balaban J connectivity index is 2.42. The monoisotopic (exact) mass is 308 g/mol. The van der Waals surface area contributed by atoms with E-state index in [4.69, 9.17) is 39.5 Å². The predicted octanol–water partition coefficient (Wildman–Crippen LogP) is 4.35. The van der Waals surface area contributed by atoms with Gasteiger partial charge in [-0.15, -0.1) is 0 Å². The lowest BCUT2D eigenvalue weighted by atomic mass is 10.1. The number of benzene rings is 1. The summed E-state index contributed by atoms with van der Waals surface area (Å²) in [6.07, 6.45) is 3.54. The number of ether oxygens (including phenoxy) is 1. The van der Waals surface area contributed by atoms with Crippen LogP contribution >= 0.6 is 34.8 Å². The van der Waals surface area contributed by atoms with E-state index in [0.717, 1.165) is 30.4 Å². The zero-order valence-electron chi connectivity index (χ0n) is 9.87. The normalized spacial score (nSPS) is 11.3. The van der Waals surface area contributed by atoms with Crippen LogP contribution in [0, 0.1) is 0 Å². The van der Waals surface area contributed by atoms with E-state index in [0.29, 0.717) is 19.4 Å². The summed E-state index contributed by atoms with van der Waals surface area (Å²) in [5.74, 6) is 0.757. The highest BCUT2D eigenvalue weighted by Crippen LogP contribution is 2.31. The molecule has 0 aliphatic rings. The van der Waals surface area contributed by atoms with Crippen molar-refractivity contribution in [3.8, 4) is 5.75 Å². The maximum Gasteiger partial charge on any atom is 0.194 e. The van der Waals surface area contributed by atoms with E-state index in [-0.39, 0.29) is 0 Å². The number of hydrogen-bond acceptors (Lipinski definition) is 2. The number of carbonyl (C=O) groups excluding carboxylic acids is 1. The van der Waals surface area contributed by atoms with Gasteiger partial charge in [-0.25, -0.2) is 0 Å². The molecule has 0 fully saturated rings. The van der Waals surface area contributed by atoms with Gasteiger partial charge < -0.3 is 9.53 Å². The molecule has 100 valence electrons. The standard InChI is InChI=1S/C13H15Cl3O2/c14-13(15,16)10-11-5-4-6-12(9-11)18-8-3-1-2-7-17/h4-7,9H,1-3,8,10H2. The topological polar surface area (TPSA) is 26.3 Å². The van der Waals surface area contributed by atoms with Crippen LogP contribution < -0.4 is 4.74 Å². The number of alkyl halides is 3. The molecular weight excluding hydrogens is 294 g/mol. The number of halogens is 3. The van der Waals surface area contributed by atoms with Crippen molar-refractivity contribution in [1.82, 2.24) is 0 Å². The molecule has 0 saturated carbocycles. The first-order chi connectivity index (χ1) is 8.51. The largest absolute Gasteiger partial charge is 0.494 e. The first kappa shape index (κ1) is 15.6. The minimum Gasteiger partial charge on any atom is -0.494 e. The van der Waals surface area contributed by atoms with E-state index in [1.165, 1.54) is 0 Å². The van der Waals surface area contributed by atoms with Crippen molar-refractivity contribution < 1.29 is 9.53 Å². The smallest absolute Gasteiger partial charge is 0.194 e. The van der Waals surface area contributed by atoms with Crippen LogP contribution in [0.1, 0.15) is 24.8 Å². The van der Waals surface area contributed by atoms with Crippen molar-refractivity contribution in [3.63, 3.8) is 0 Å². The average molecular weight is 310 g/mol. The minimum absolute atomic E-state index is 0.347. The lowest BCUT2D eigenvalue weighted by molar-refractivity contribution is -0.107. The molecule has 1 aromatic carbocycles. The highest BCUT2D eigenvalue weighted by atomic mass is 35.6. The van der Waals surface area contributed by atoms with Gasteiger partial charge in [0.1, 0.15) is 12.0 Å². The van der Waals surface area contributed by atoms with E-state index in [1.54, 1.807) is 0 Å². The highest BCUT2D eigenvalue weighted by molar-refractivity contribution is 6.67. The molecule has 1 aromatic rings. The van der Waals surface area contributed by atoms with Gasteiger partial charge in [0.15, 0.2) is 3.79 Å². The lowest BCUT2D eigenvalue weighted by Gasteiger charge is -2.12. The first-order valence-corrected chi connectivity index (χ1v) is 6.87. The Labute approximate surface area is 122 Å². The van der Waals surface area contributed by atoms with E-state index in [9.17, 15) is 4.79 Å². The lowest BCUT2D eigenvalue weighted by Crippen LogP contribution is -2.07. The van der Waals surface area contributed by atoms with Crippen LogP contribution in [0.3, 0.4) is 0 Å². The molecule has 0 aliphatic carbocycles. The van der Waals surface area contributed by atoms with Gasteiger partial charge in [-0.1, -0.05) is 46.9 Å². The molecule has 0 saturated heterocycles. The van der Waals surface area contributed by atoms with E-state index in [2.05, 4.69) is 0 Å². The van der Waals surface area contributed by atoms with Crippen LogP contribution in [0.25, 0.3) is 0 Å². The van der Waals surface area contributed by atoms with Gasteiger partial charge in [0.05, 0.1) is 6.61 Å². The van der Waals surface area contributed by atoms with Crippen molar-refractivity contribution in [2.45, 2.75) is 29.5 Å². The molecule has 0 N–H and O–H groups in total. The number of rotatable bonds is 7. The molecule has 0 unspecified atom stereocenters. The molecule has 0 aromatic heterocycles. The SMILES string of the molecule is O=CCCCCOc1cccc(CC(Cl)(Cl)Cl)c1. The molecular formula is C13H15Cl3O2. The van der Waals surface area contributed by atoms with Crippen molar-refractivity contribution in [2.24, 2.45) is 0 Å². The molecule has 0 radical (unpaired) electrons. The average Bonchev–Trinajstić information content (AvgIpc) is 2.27. The van der Waals surface area contributed by atoms with E-state index >= 15 is 0 Å². The summed E-state index contributed by atoms with van der Waals surface area (Å²) in [5, 5.41) is 0. The third-order valence-electron chi connectivity index (χ3n) is 2.29. The third kappa shape index (κ3) is 7.10. The van der Waals surface area contributed by atoms with Gasteiger partial charge in [-0.05, 0) is 30.5 Å². The molecule has 1 rings (SSSR count). The number of carbonyl (C=O) groups is 1. The maximum absolute atomic E-state index is 10.1. The zero-order valence-corrected chi connectivity index (χ0v) is 12.1. The summed E-state index contributed by atoms with van der Waals surface area (Å²) in [6, 6.07) is 7.48. The summed E-state index contributed by atoms with van der Waals surface area (Å²) >= 11 is 17.2. The molecule has 18 heavy (non-hydrogen) atoms. The number of aldehydes is 1. The van der Waals surface area contributed by atoms with Crippen LogP contribution in [0.2, 0.25) is 0 Å². The molecule has 0 amide bonds. The van der Waals surface area contributed by atoms with Gasteiger partial charge in [-0.3, -0.25) is 0 Å². The summed E-state index contributed by atoms with van der Waals surface area (Å²) < 4.78 is 4.27. The molecule has 0 bridgehead atoms. The second kappa shape index (κ2) is 7.88. The molecule has 0 atom stereocenters. The fourth-order valence-electron chi connectivity index (χ4n) is 1.50.